The van der Waals surface area contributed by atoms with E-state index in [0.717, 1.165) is 30.5 Å². The standard InChI is InChI=1S/C18H21N4O5P/c19-11-21-18-14(17(20)23)7-8-22(18)16-6-5-13(26-16)10-25-28-24-9-12-3-1-2-4-15(12)27-28/h1-4,7-8,11,13,16H,5-6,9-10H2,(H2,19,21)(H2,20,23). The number of benzene rings is 1. The van der Waals surface area contributed by atoms with Crippen LogP contribution < -0.4 is 16.0 Å². The second-order valence-corrected chi connectivity index (χ2v) is 7.53. The van der Waals surface area contributed by atoms with Crippen LogP contribution in [0.4, 0.5) is 5.82 Å². The van der Waals surface area contributed by atoms with Gasteiger partial charge in [-0.1, -0.05) is 18.2 Å². The first-order valence-electron chi connectivity index (χ1n) is 8.88. The van der Waals surface area contributed by atoms with Crippen LogP contribution in [0, 0.1) is 0 Å². The van der Waals surface area contributed by atoms with E-state index in [0.29, 0.717) is 24.6 Å². The zero-order valence-corrected chi connectivity index (χ0v) is 16.0. The number of nitrogens with two attached hydrogens (primary N) is 2. The van der Waals surface area contributed by atoms with Gasteiger partial charge in [0.15, 0.2) is 0 Å². The number of hydrogen-bond donors (Lipinski definition) is 2. The van der Waals surface area contributed by atoms with Crippen molar-refractivity contribution in [2.75, 3.05) is 6.61 Å². The number of aliphatic imine (C=N–C) groups is 1. The molecule has 0 bridgehead atoms. The molecule has 3 atom stereocenters. The van der Waals surface area contributed by atoms with Gasteiger partial charge in [0.25, 0.3) is 5.91 Å². The number of primary amides is 1. The van der Waals surface area contributed by atoms with Gasteiger partial charge in [-0.3, -0.25) is 13.8 Å². The van der Waals surface area contributed by atoms with Crippen molar-refractivity contribution in [2.45, 2.75) is 31.8 Å². The van der Waals surface area contributed by atoms with E-state index in [-0.39, 0.29) is 12.3 Å². The van der Waals surface area contributed by atoms with Crippen LogP contribution in [0.2, 0.25) is 0 Å². The van der Waals surface area contributed by atoms with Crippen molar-refractivity contribution in [1.82, 2.24) is 4.57 Å². The molecule has 2 aliphatic heterocycles. The van der Waals surface area contributed by atoms with E-state index in [1.807, 2.05) is 24.3 Å². The van der Waals surface area contributed by atoms with Gasteiger partial charge in [-0.05, 0) is 25.0 Å². The van der Waals surface area contributed by atoms with E-state index in [1.165, 1.54) is 0 Å². The minimum absolute atomic E-state index is 0.119. The van der Waals surface area contributed by atoms with E-state index < -0.39 is 14.5 Å². The zero-order valence-electron chi connectivity index (χ0n) is 15.1. The Morgan fingerprint density at radius 2 is 2.21 bits per heavy atom. The van der Waals surface area contributed by atoms with Crippen LogP contribution in [0.15, 0.2) is 41.5 Å². The number of carbonyl (C=O) groups is 1. The Morgan fingerprint density at radius 3 is 3.04 bits per heavy atom. The Morgan fingerprint density at radius 1 is 1.36 bits per heavy atom. The minimum Gasteiger partial charge on any atom is -0.426 e. The molecule has 0 spiro atoms. The van der Waals surface area contributed by atoms with Gasteiger partial charge >= 0.3 is 8.60 Å². The maximum atomic E-state index is 11.6. The minimum atomic E-state index is -1.45. The predicted molar refractivity (Wildman–Crippen MR) is 103 cm³/mol. The molecule has 4 N–H and O–H groups in total. The van der Waals surface area contributed by atoms with Crippen molar-refractivity contribution in [1.29, 1.82) is 0 Å². The lowest BCUT2D eigenvalue weighted by Gasteiger charge is -2.24. The summed E-state index contributed by atoms with van der Waals surface area (Å²) >= 11 is 0. The number of rotatable bonds is 6. The smallest absolute Gasteiger partial charge is 0.397 e. The van der Waals surface area contributed by atoms with Crippen molar-refractivity contribution in [3.05, 3.63) is 47.7 Å². The zero-order chi connectivity index (χ0) is 19.5. The molecule has 9 nitrogen and oxygen atoms in total. The molecule has 0 radical (unpaired) electrons. The van der Waals surface area contributed by atoms with E-state index in [9.17, 15) is 4.79 Å². The molecule has 0 aliphatic carbocycles. The third kappa shape index (κ3) is 3.88. The summed E-state index contributed by atoms with van der Waals surface area (Å²) in [5.74, 6) is 0.620. The maximum Gasteiger partial charge on any atom is 0.397 e. The van der Waals surface area contributed by atoms with Gasteiger partial charge in [0.2, 0.25) is 0 Å². The summed E-state index contributed by atoms with van der Waals surface area (Å²) in [7, 11) is -1.45. The number of carbonyl (C=O) groups excluding carboxylic acids is 1. The highest BCUT2D eigenvalue weighted by atomic mass is 31.2. The van der Waals surface area contributed by atoms with Gasteiger partial charge in [-0.2, -0.15) is 0 Å². The molecular formula is C18H21N4O5P. The third-order valence-electron chi connectivity index (χ3n) is 4.58. The average Bonchev–Trinajstić information content (AvgIpc) is 3.33. The molecule has 0 saturated carbocycles. The Bertz CT molecular complexity index is 887. The van der Waals surface area contributed by atoms with Crippen LogP contribution in [-0.4, -0.2) is 29.5 Å². The Kier molecular flexibility index (Phi) is 5.59. The Labute approximate surface area is 163 Å². The molecular weight excluding hydrogens is 383 g/mol. The molecule has 1 fully saturated rings. The number of para-hydroxylation sites is 1. The molecule has 1 saturated heterocycles. The molecule has 10 heteroatoms. The fourth-order valence-electron chi connectivity index (χ4n) is 3.23. The Hall–Kier alpha value is -2.45. The molecule has 28 heavy (non-hydrogen) atoms. The number of fused-ring (bicyclic) bond motifs is 1. The van der Waals surface area contributed by atoms with Gasteiger partial charge in [-0.15, -0.1) is 0 Å². The normalized spacial score (nSPS) is 24.2. The van der Waals surface area contributed by atoms with Crippen LogP contribution in [-0.2, 0) is 20.4 Å². The van der Waals surface area contributed by atoms with Crippen LogP contribution >= 0.6 is 8.60 Å². The molecule has 148 valence electrons. The van der Waals surface area contributed by atoms with Crippen molar-refractivity contribution in [3.63, 3.8) is 0 Å². The van der Waals surface area contributed by atoms with E-state index >= 15 is 0 Å². The molecule has 1 amide bonds. The van der Waals surface area contributed by atoms with Gasteiger partial charge in [0.1, 0.15) is 17.8 Å². The highest BCUT2D eigenvalue weighted by Gasteiger charge is 2.31. The van der Waals surface area contributed by atoms with E-state index in [1.54, 1.807) is 16.8 Å². The molecule has 1 aromatic heterocycles. The highest BCUT2D eigenvalue weighted by Crippen LogP contribution is 2.47. The first-order chi connectivity index (χ1) is 13.7. The molecule has 3 heterocycles. The largest absolute Gasteiger partial charge is 0.426 e. The number of aromatic nitrogens is 1. The van der Waals surface area contributed by atoms with Gasteiger partial charge < -0.3 is 25.3 Å². The van der Waals surface area contributed by atoms with E-state index in [4.69, 9.17) is 29.8 Å². The number of amides is 1. The third-order valence-corrected chi connectivity index (χ3v) is 5.63. The van der Waals surface area contributed by atoms with Gasteiger partial charge in [0, 0.05) is 11.8 Å². The number of nitrogens with zero attached hydrogens (tertiary/aromatic N) is 2. The molecule has 4 rings (SSSR count). The second-order valence-electron chi connectivity index (χ2n) is 6.38. The summed E-state index contributed by atoms with van der Waals surface area (Å²) in [6.45, 7) is 0.819. The molecule has 2 aromatic rings. The molecule has 1 aromatic carbocycles. The first-order valence-corrected chi connectivity index (χ1v) is 9.97. The van der Waals surface area contributed by atoms with Gasteiger partial charge in [-0.25, -0.2) is 4.99 Å². The predicted octanol–water partition coefficient (Wildman–Crippen LogP) is 2.74. The highest BCUT2D eigenvalue weighted by molar-refractivity contribution is 7.42. The Balaban J connectivity index is 1.35. The second kappa shape index (κ2) is 8.28. The number of ether oxygens (including phenoxy) is 1. The van der Waals surface area contributed by atoms with Gasteiger partial charge in [0.05, 0.1) is 31.2 Å². The van der Waals surface area contributed by atoms with Crippen molar-refractivity contribution >= 4 is 26.7 Å². The summed E-state index contributed by atoms with van der Waals surface area (Å²) in [5, 5.41) is 0. The average molecular weight is 404 g/mol. The lowest BCUT2D eigenvalue weighted by atomic mass is 10.2. The lowest BCUT2D eigenvalue weighted by molar-refractivity contribution is -0.0196. The fraction of sp³-hybridized carbons (Fsp3) is 0.333. The SMILES string of the molecule is N/C=N\c1c(C(N)=O)ccn1C1CCC(COP2OCc3ccccc3O2)O1. The first kappa shape index (κ1) is 18.9. The quantitative estimate of drug-likeness (QED) is 0.434. The topological polar surface area (TPSA) is 123 Å². The fourth-order valence-corrected chi connectivity index (χ4v) is 4.28. The summed E-state index contributed by atoms with van der Waals surface area (Å²) in [6.07, 6.45) is 4.00. The lowest BCUT2D eigenvalue weighted by Crippen LogP contribution is -2.17. The summed E-state index contributed by atoms with van der Waals surface area (Å²) in [5.41, 5.74) is 12.1. The van der Waals surface area contributed by atoms with Crippen molar-refractivity contribution in [2.24, 2.45) is 16.5 Å². The summed E-state index contributed by atoms with van der Waals surface area (Å²) in [6, 6.07) is 9.34. The summed E-state index contributed by atoms with van der Waals surface area (Å²) < 4.78 is 25.0. The summed E-state index contributed by atoms with van der Waals surface area (Å²) in [4.78, 5) is 15.6. The molecule has 2 aliphatic rings. The molecule has 3 unspecified atom stereocenters. The van der Waals surface area contributed by atoms with Crippen molar-refractivity contribution < 1.29 is 23.1 Å². The van der Waals surface area contributed by atoms with E-state index in [2.05, 4.69) is 4.99 Å². The maximum absolute atomic E-state index is 11.6. The van der Waals surface area contributed by atoms with Crippen molar-refractivity contribution in [3.8, 4) is 5.75 Å². The monoisotopic (exact) mass is 404 g/mol. The number of hydrogen-bond acceptors (Lipinski definition) is 6. The van der Waals surface area contributed by atoms with Crippen LogP contribution in [0.3, 0.4) is 0 Å². The van der Waals surface area contributed by atoms with Crippen LogP contribution in [0.25, 0.3) is 0 Å². The van der Waals surface area contributed by atoms with Crippen LogP contribution in [0.5, 0.6) is 5.75 Å². The van der Waals surface area contributed by atoms with Crippen LogP contribution in [0.1, 0.15) is 35.0 Å².